The molecule has 1 aromatic carbocycles. The van der Waals surface area contributed by atoms with Crippen molar-refractivity contribution in [2.75, 3.05) is 6.54 Å². The van der Waals surface area contributed by atoms with E-state index in [1.165, 1.54) is 0 Å². The van der Waals surface area contributed by atoms with Crippen LogP contribution in [0.3, 0.4) is 0 Å². The number of carbonyl (C=O) groups is 1. The van der Waals surface area contributed by atoms with E-state index in [0.29, 0.717) is 5.92 Å². The average Bonchev–Trinajstić information content (AvgIpc) is 3.35. The Morgan fingerprint density at radius 2 is 2.09 bits per heavy atom. The number of fused-ring (bicyclic) bond motifs is 1. The fourth-order valence-electron chi connectivity index (χ4n) is 2.33. The summed E-state index contributed by atoms with van der Waals surface area (Å²) >= 11 is 0. The summed E-state index contributed by atoms with van der Waals surface area (Å²) in [4.78, 5) is 19.2. The van der Waals surface area contributed by atoms with Crippen molar-refractivity contribution in [3.8, 4) is 0 Å². The van der Waals surface area contributed by atoms with Crippen LogP contribution in [-0.4, -0.2) is 28.8 Å². The van der Waals surface area contributed by atoms with Crippen LogP contribution in [0.5, 0.6) is 0 Å². The molecule has 0 spiro atoms. The molecular formula is C17H17N3O2. The first kappa shape index (κ1) is 14.3. The maximum atomic E-state index is 10.6. The second-order valence-corrected chi connectivity index (χ2v) is 5.40. The number of allylic oxidation sites excluding steroid dienone is 2. The number of pyridine rings is 1. The quantitative estimate of drug-likeness (QED) is 0.829. The summed E-state index contributed by atoms with van der Waals surface area (Å²) in [5, 5.41) is 9.78. The first-order valence-corrected chi connectivity index (χ1v) is 7.22. The van der Waals surface area contributed by atoms with E-state index >= 15 is 0 Å². The summed E-state index contributed by atoms with van der Waals surface area (Å²) < 4.78 is 0. The second kappa shape index (κ2) is 5.97. The number of aromatic nitrogens is 1. The minimum Gasteiger partial charge on any atom is -0.480 e. The van der Waals surface area contributed by atoms with Gasteiger partial charge < -0.3 is 10.8 Å². The van der Waals surface area contributed by atoms with Crippen LogP contribution in [0.25, 0.3) is 16.5 Å². The van der Waals surface area contributed by atoms with Crippen LogP contribution < -0.4 is 5.73 Å². The Labute approximate surface area is 128 Å². The van der Waals surface area contributed by atoms with Crippen molar-refractivity contribution in [2.24, 2.45) is 16.6 Å². The Balaban J connectivity index is 2.01. The van der Waals surface area contributed by atoms with Crippen LogP contribution in [0.4, 0.5) is 0 Å². The number of rotatable bonds is 5. The molecular weight excluding hydrogens is 278 g/mol. The van der Waals surface area contributed by atoms with Crippen molar-refractivity contribution in [2.45, 2.75) is 12.8 Å². The number of aliphatic imine (C=N–C) groups is 1. The van der Waals surface area contributed by atoms with Crippen LogP contribution in [0.2, 0.25) is 0 Å². The predicted octanol–water partition coefficient (Wildman–Crippen LogP) is 2.47. The molecule has 1 heterocycles. The summed E-state index contributed by atoms with van der Waals surface area (Å²) in [5.41, 5.74) is 9.31. The number of hydrogen-bond donors (Lipinski definition) is 2. The van der Waals surface area contributed by atoms with Gasteiger partial charge >= 0.3 is 5.97 Å². The number of carboxylic acids is 1. The highest BCUT2D eigenvalue weighted by Gasteiger charge is 2.27. The van der Waals surface area contributed by atoms with E-state index in [2.05, 4.69) is 9.98 Å². The lowest BCUT2D eigenvalue weighted by Gasteiger charge is -2.08. The summed E-state index contributed by atoms with van der Waals surface area (Å²) in [5.74, 6) is -0.605. The SMILES string of the molecule is NC(=C(C=NCC(=O)O)c1ccc2ccccc2n1)C1CC1. The van der Waals surface area contributed by atoms with E-state index in [1.807, 2.05) is 36.4 Å². The molecule has 0 amide bonds. The Morgan fingerprint density at radius 1 is 1.32 bits per heavy atom. The summed E-state index contributed by atoms with van der Waals surface area (Å²) in [6, 6.07) is 11.7. The maximum absolute atomic E-state index is 10.6. The zero-order chi connectivity index (χ0) is 15.5. The fraction of sp³-hybridized carbons (Fsp3) is 0.235. The molecule has 1 fully saturated rings. The Morgan fingerprint density at radius 3 is 2.82 bits per heavy atom. The second-order valence-electron chi connectivity index (χ2n) is 5.40. The molecule has 5 nitrogen and oxygen atoms in total. The Bertz CT molecular complexity index is 776. The van der Waals surface area contributed by atoms with Crippen molar-refractivity contribution in [3.05, 3.63) is 47.8 Å². The van der Waals surface area contributed by atoms with Crippen LogP contribution in [0, 0.1) is 5.92 Å². The number of para-hydroxylation sites is 1. The largest absolute Gasteiger partial charge is 0.480 e. The maximum Gasteiger partial charge on any atom is 0.325 e. The first-order chi connectivity index (χ1) is 10.6. The van der Waals surface area contributed by atoms with Gasteiger partial charge in [0.05, 0.1) is 11.2 Å². The molecule has 1 aromatic heterocycles. The standard InChI is InChI=1S/C17H17N3O2/c18-17(12-5-6-12)13(9-19-10-16(21)22)15-8-7-11-3-1-2-4-14(11)20-15/h1-4,7-9,12H,5-6,10,18H2,(H,21,22). The highest BCUT2D eigenvalue weighted by molar-refractivity contribution is 6.11. The zero-order valence-corrected chi connectivity index (χ0v) is 12.1. The normalized spacial score (nSPS) is 16.0. The smallest absolute Gasteiger partial charge is 0.325 e. The first-order valence-electron chi connectivity index (χ1n) is 7.22. The Kier molecular flexibility index (Phi) is 3.87. The lowest BCUT2D eigenvalue weighted by molar-refractivity contribution is -0.135. The third-order valence-corrected chi connectivity index (χ3v) is 3.65. The molecule has 0 radical (unpaired) electrons. The van der Waals surface area contributed by atoms with E-state index in [9.17, 15) is 4.79 Å². The van der Waals surface area contributed by atoms with Crippen LogP contribution in [0.15, 0.2) is 47.1 Å². The van der Waals surface area contributed by atoms with Gasteiger partial charge in [-0.05, 0) is 30.9 Å². The average molecular weight is 295 g/mol. The van der Waals surface area contributed by atoms with Gasteiger partial charge in [0.1, 0.15) is 6.54 Å². The van der Waals surface area contributed by atoms with Gasteiger partial charge in [0, 0.05) is 22.9 Å². The molecule has 0 atom stereocenters. The molecule has 112 valence electrons. The van der Waals surface area contributed by atoms with E-state index in [0.717, 1.165) is 40.7 Å². The van der Waals surface area contributed by atoms with E-state index in [4.69, 9.17) is 10.8 Å². The third kappa shape index (κ3) is 3.14. The van der Waals surface area contributed by atoms with Crippen molar-refractivity contribution in [1.29, 1.82) is 0 Å². The number of carboxylic acid groups (broad SMARTS) is 1. The summed E-state index contributed by atoms with van der Waals surface area (Å²) in [7, 11) is 0. The van der Waals surface area contributed by atoms with Crippen LogP contribution in [0.1, 0.15) is 18.5 Å². The molecule has 5 heteroatoms. The fourth-order valence-corrected chi connectivity index (χ4v) is 2.33. The number of benzene rings is 1. The Hall–Kier alpha value is -2.69. The third-order valence-electron chi connectivity index (χ3n) is 3.65. The van der Waals surface area contributed by atoms with E-state index in [-0.39, 0.29) is 6.54 Å². The van der Waals surface area contributed by atoms with Gasteiger partial charge in [-0.3, -0.25) is 9.79 Å². The van der Waals surface area contributed by atoms with Crippen LogP contribution >= 0.6 is 0 Å². The van der Waals surface area contributed by atoms with E-state index in [1.54, 1.807) is 6.21 Å². The number of nitrogens with zero attached hydrogens (tertiary/aromatic N) is 2. The van der Waals surface area contributed by atoms with Gasteiger partial charge in [0.25, 0.3) is 0 Å². The molecule has 1 aliphatic rings. The zero-order valence-electron chi connectivity index (χ0n) is 12.1. The molecule has 1 saturated carbocycles. The highest BCUT2D eigenvalue weighted by atomic mass is 16.4. The van der Waals surface area contributed by atoms with Crippen molar-refractivity contribution < 1.29 is 9.90 Å². The molecule has 0 aliphatic heterocycles. The van der Waals surface area contributed by atoms with Gasteiger partial charge in [-0.15, -0.1) is 0 Å². The van der Waals surface area contributed by atoms with Gasteiger partial charge in [-0.25, -0.2) is 4.98 Å². The number of hydrogen-bond acceptors (Lipinski definition) is 4. The molecule has 1 aliphatic carbocycles. The molecule has 0 bridgehead atoms. The topological polar surface area (TPSA) is 88.6 Å². The van der Waals surface area contributed by atoms with E-state index < -0.39 is 5.97 Å². The molecule has 22 heavy (non-hydrogen) atoms. The number of nitrogens with two attached hydrogens (primary N) is 1. The van der Waals surface area contributed by atoms with Gasteiger partial charge in [-0.1, -0.05) is 24.3 Å². The van der Waals surface area contributed by atoms with Crippen LogP contribution in [-0.2, 0) is 4.79 Å². The molecule has 0 saturated heterocycles. The lowest BCUT2D eigenvalue weighted by Crippen LogP contribution is -2.08. The number of aliphatic carboxylic acids is 1. The minimum absolute atomic E-state index is 0.269. The monoisotopic (exact) mass is 295 g/mol. The highest BCUT2D eigenvalue weighted by Crippen LogP contribution is 2.36. The molecule has 0 unspecified atom stereocenters. The molecule has 2 aromatic rings. The summed E-state index contributed by atoms with van der Waals surface area (Å²) in [6.45, 7) is -0.269. The van der Waals surface area contributed by atoms with Crippen molar-refractivity contribution >= 4 is 28.7 Å². The van der Waals surface area contributed by atoms with Gasteiger partial charge in [0.2, 0.25) is 0 Å². The molecule has 3 rings (SSSR count). The van der Waals surface area contributed by atoms with Crippen molar-refractivity contribution in [1.82, 2.24) is 4.98 Å². The van der Waals surface area contributed by atoms with Gasteiger partial charge in [-0.2, -0.15) is 0 Å². The lowest BCUT2D eigenvalue weighted by atomic mass is 10.1. The predicted molar refractivity (Wildman–Crippen MR) is 86.6 cm³/mol. The van der Waals surface area contributed by atoms with Crippen molar-refractivity contribution in [3.63, 3.8) is 0 Å². The summed E-state index contributed by atoms with van der Waals surface area (Å²) in [6.07, 6.45) is 3.67. The van der Waals surface area contributed by atoms with Gasteiger partial charge in [0.15, 0.2) is 0 Å². The molecule has 3 N–H and O–H groups in total. The minimum atomic E-state index is -0.966.